The van der Waals surface area contributed by atoms with Crippen molar-refractivity contribution < 1.29 is 58.7 Å². The van der Waals surface area contributed by atoms with Gasteiger partial charge in [-0.3, -0.25) is 14.4 Å². The van der Waals surface area contributed by atoms with Crippen LogP contribution in [0.5, 0.6) is 0 Å². The number of nitrogens with zero attached hydrogens (tertiary/aromatic N) is 2. The molecule has 1 amide bonds. The van der Waals surface area contributed by atoms with Gasteiger partial charge in [0.25, 0.3) is 10.2 Å². The molecule has 1 unspecified atom stereocenters. The maximum absolute atomic E-state index is 12.8. The van der Waals surface area contributed by atoms with Crippen molar-refractivity contribution in [3.63, 3.8) is 0 Å². The maximum atomic E-state index is 12.8. The Bertz CT molecular complexity index is 1250. The van der Waals surface area contributed by atoms with Gasteiger partial charge in [0, 0.05) is 12.8 Å². The molecule has 0 radical (unpaired) electrons. The van der Waals surface area contributed by atoms with Crippen LogP contribution in [-0.4, -0.2) is 95.1 Å². The maximum Gasteiger partial charge on any atom is 0.325 e. The Hall–Kier alpha value is -4.35. The Kier molecular flexibility index (Phi) is 20.1. The number of aliphatic hydroxyl groups excluding tert-OH is 2. The van der Waals surface area contributed by atoms with Gasteiger partial charge in [-0.25, -0.2) is 0 Å². The van der Waals surface area contributed by atoms with Crippen LogP contribution in [0.4, 0.5) is 0 Å². The summed E-state index contributed by atoms with van der Waals surface area (Å²) in [5, 5.41) is 42.5. The lowest BCUT2D eigenvalue weighted by Crippen LogP contribution is -2.34. The molecule has 2 rings (SSSR count). The molecule has 0 saturated heterocycles. The summed E-state index contributed by atoms with van der Waals surface area (Å²) < 4.78 is 16.0. The van der Waals surface area contributed by atoms with Crippen molar-refractivity contribution in [3.05, 3.63) is 68.3 Å². The number of amides is 1. The highest BCUT2D eigenvalue weighted by Crippen LogP contribution is 2.39. The van der Waals surface area contributed by atoms with Gasteiger partial charge in [-0.15, -0.1) is 20.2 Å². The predicted molar refractivity (Wildman–Crippen MR) is 180 cm³/mol. The van der Waals surface area contributed by atoms with Gasteiger partial charge in [0.1, 0.15) is 19.3 Å². The first-order valence-electron chi connectivity index (χ1n) is 17.2. The minimum absolute atomic E-state index is 0.150. The molecule has 0 spiro atoms. The highest BCUT2D eigenvalue weighted by Gasteiger charge is 2.41. The Labute approximate surface area is 296 Å². The summed E-state index contributed by atoms with van der Waals surface area (Å²) in [4.78, 5) is 66.0. The van der Waals surface area contributed by atoms with Gasteiger partial charge in [0.15, 0.2) is 6.10 Å². The average Bonchev–Trinajstić information content (AvgIpc) is 3.34. The van der Waals surface area contributed by atoms with Crippen LogP contribution < -0.4 is 5.32 Å². The van der Waals surface area contributed by atoms with E-state index >= 15 is 0 Å². The van der Waals surface area contributed by atoms with Gasteiger partial charge in [0.2, 0.25) is 5.91 Å². The van der Waals surface area contributed by atoms with Crippen molar-refractivity contribution in [2.45, 2.75) is 109 Å². The summed E-state index contributed by atoms with van der Waals surface area (Å²) >= 11 is 0. The molecule has 17 heteroatoms. The van der Waals surface area contributed by atoms with Crippen LogP contribution in [0, 0.1) is 32.1 Å². The number of aliphatic hydroxyl groups is 2. The molecular weight excluding hydrogens is 674 g/mol. The largest absolute Gasteiger partial charge is 0.463 e. The number of esters is 2. The highest BCUT2D eigenvalue weighted by molar-refractivity contribution is 5.81. The second-order valence-electron chi connectivity index (χ2n) is 12.6. The molecule has 51 heavy (non-hydrogen) atoms. The van der Waals surface area contributed by atoms with E-state index in [0.717, 1.165) is 5.56 Å². The summed E-state index contributed by atoms with van der Waals surface area (Å²) in [5.74, 6) is -1.86. The van der Waals surface area contributed by atoms with E-state index in [1.807, 2.05) is 42.5 Å². The Balaban J connectivity index is 1.86. The fourth-order valence-corrected chi connectivity index (χ4v) is 5.82. The zero-order valence-corrected chi connectivity index (χ0v) is 29.2. The molecule has 17 nitrogen and oxygen atoms in total. The van der Waals surface area contributed by atoms with Gasteiger partial charge in [-0.2, -0.15) is 0 Å². The summed E-state index contributed by atoms with van der Waals surface area (Å²) in [5.41, 5.74) is 1.06. The number of unbranched alkanes of at least 4 members (excludes halogenated alkanes) is 1. The van der Waals surface area contributed by atoms with E-state index in [1.54, 1.807) is 13.8 Å². The molecule has 0 aliphatic heterocycles. The molecule has 286 valence electrons. The van der Waals surface area contributed by atoms with Gasteiger partial charge < -0.3 is 39.4 Å². The molecule has 6 atom stereocenters. The monoisotopic (exact) mass is 725 g/mol. The standard InChI is InChI=1S/C34H51N3O14/c1-24(2)49-33(41)13-9-4-3-8-12-28-29(31(39)20-30(28)38)17-16-26(15-14-25-10-6-5-7-11-25)50-34(42)21-35-32(40)18-19-47-22-27(51-37(45)46)23-48-36(43)44/h3,5-8,10-11,24,26-31,38-39H,4,9,12-23H2,1-2H3,(H,35,40)/b8-3-/t26-,27?,28+,29+,30-,31+/m0/s1. The van der Waals surface area contributed by atoms with Crippen LogP contribution >= 0.6 is 0 Å². The Morgan fingerprint density at radius 2 is 1.65 bits per heavy atom. The van der Waals surface area contributed by atoms with Crippen LogP contribution in [0.15, 0.2) is 42.5 Å². The zero-order chi connectivity index (χ0) is 37.6. The van der Waals surface area contributed by atoms with Gasteiger partial charge >= 0.3 is 11.9 Å². The van der Waals surface area contributed by atoms with Gasteiger partial charge in [-0.1, -0.05) is 42.5 Å². The number of carbonyl (C=O) groups excluding carboxylic acids is 3. The lowest BCUT2D eigenvalue weighted by molar-refractivity contribution is -0.790. The minimum Gasteiger partial charge on any atom is -0.463 e. The van der Waals surface area contributed by atoms with Gasteiger partial charge in [0.05, 0.1) is 31.5 Å². The third-order valence-corrected chi connectivity index (χ3v) is 8.24. The first-order chi connectivity index (χ1) is 24.3. The topological polar surface area (TPSA) is 236 Å². The molecule has 1 aliphatic rings. The van der Waals surface area contributed by atoms with E-state index in [2.05, 4.69) is 15.0 Å². The van der Waals surface area contributed by atoms with Gasteiger partial charge in [-0.05, 0) is 82.6 Å². The molecule has 1 saturated carbocycles. The lowest BCUT2D eigenvalue weighted by atomic mass is 9.85. The van der Waals surface area contributed by atoms with E-state index < -0.39 is 66.2 Å². The number of nitrogens with one attached hydrogen (secondary N) is 1. The molecule has 3 N–H and O–H groups in total. The number of carbonyl (C=O) groups is 3. The Morgan fingerprint density at radius 3 is 2.33 bits per heavy atom. The van der Waals surface area contributed by atoms with Crippen molar-refractivity contribution in [2.75, 3.05) is 26.4 Å². The predicted octanol–water partition coefficient (Wildman–Crippen LogP) is 3.05. The van der Waals surface area contributed by atoms with E-state index in [9.17, 15) is 44.8 Å². The second kappa shape index (κ2) is 23.9. The summed E-state index contributed by atoms with van der Waals surface area (Å²) in [6.45, 7) is 1.78. The smallest absolute Gasteiger partial charge is 0.325 e. The zero-order valence-electron chi connectivity index (χ0n) is 29.2. The molecule has 1 fully saturated rings. The number of benzene rings is 1. The van der Waals surface area contributed by atoms with E-state index in [4.69, 9.17) is 14.2 Å². The van der Waals surface area contributed by atoms with E-state index in [-0.39, 0.29) is 43.4 Å². The number of allylic oxidation sites excluding steroid dienone is 2. The van der Waals surface area contributed by atoms with Crippen LogP contribution in [0.2, 0.25) is 0 Å². The third-order valence-electron chi connectivity index (χ3n) is 8.24. The fraction of sp³-hybridized carbons (Fsp3) is 0.676. The third kappa shape index (κ3) is 19.0. The van der Waals surface area contributed by atoms with Crippen LogP contribution in [-0.2, 0) is 44.7 Å². The lowest BCUT2D eigenvalue weighted by Gasteiger charge is -2.25. The fourth-order valence-electron chi connectivity index (χ4n) is 5.82. The molecule has 0 aromatic heterocycles. The number of hydrogen-bond donors (Lipinski definition) is 3. The van der Waals surface area contributed by atoms with E-state index in [1.165, 1.54) is 0 Å². The van der Waals surface area contributed by atoms with Crippen molar-refractivity contribution >= 4 is 17.8 Å². The summed E-state index contributed by atoms with van der Waals surface area (Å²) in [6, 6.07) is 9.67. The SMILES string of the molecule is CC(C)OC(=O)CCC/C=C\C[C@@H]1[C@@H](CC[C@H](CCc2ccccc2)OC(=O)CNC(=O)CCOCC(CO[N+](=O)[O-])O[N+](=O)[O-])[C@H](O)C[C@@H]1O. The molecular formula is C34H51N3O14. The van der Waals surface area contributed by atoms with Crippen molar-refractivity contribution in [1.29, 1.82) is 0 Å². The Morgan fingerprint density at radius 1 is 0.922 bits per heavy atom. The number of hydrogen-bond acceptors (Lipinski definition) is 14. The average molecular weight is 726 g/mol. The highest BCUT2D eigenvalue weighted by atomic mass is 17.0. The minimum atomic E-state index is -1.38. The molecule has 1 aromatic rings. The van der Waals surface area contributed by atoms with Crippen LogP contribution in [0.25, 0.3) is 0 Å². The first-order valence-corrected chi connectivity index (χ1v) is 17.2. The molecule has 1 aromatic carbocycles. The number of rotatable bonds is 26. The normalized spacial score (nSPS) is 19.7. The van der Waals surface area contributed by atoms with Crippen molar-refractivity contribution in [1.82, 2.24) is 5.32 Å². The van der Waals surface area contributed by atoms with Crippen molar-refractivity contribution in [2.24, 2.45) is 11.8 Å². The molecule has 1 aliphatic carbocycles. The quantitative estimate of drug-likeness (QED) is 0.0409. The summed E-state index contributed by atoms with van der Waals surface area (Å²) in [6.07, 6.45) is 4.81. The number of aryl methyl sites for hydroxylation is 1. The van der Waals surface area contributed by atoms with Crippen LogP contribution in [0.1, 0.15) is 77.2 Å². The van der Waals surface area contributed by atoms with Crippen molar-refractivity contribution in [3.8, 4) is 0 Å². The number of ether oxygens (including phenoxy) is 3. The molecule has 0 heterocycles. The first kappa shape index (κ1) is 42.8. The molecule has 0 bridgehead atoms. The van der Waals surface area contributed by atoms with E-state index in [0.29, 0.717) is 51.4 Å². The summed E-state index contributed by atoms with van der Waals surface area (Å²) in [7, 11) is 0. The van der Waals surface area contributed by atoms with Crippen LogP contribution in [0.3, 0.4) is 0 Å². The second-order valence-corrected chi connectivity index (χ2v) is 12.6.